The van der Waals surface area contributed by atoms with Crippen molar-refractivity contribution in [1.82, 2.24) is 14.3 Å². The largest absolute Gasteiger partial charge is 0.312 e. The predicted molar refractivity (Wildman–Crippen MR) is 95.6 cm³/mol. The first-order valence-electron chi connectivity index (χ1n) is 6.98. The number of aryl methyl sites for hydroxylation is 2. The number of amides is 1. The van der Waals surface area contributed by atoms with Crippen LogP contribution in [-0.2, 0) is 13.6 Å². The molecule has 0 radical (unpaired) electrons. The van der Waals surface area contributed by atoms with Crippen molar-refractivity contribution in [2.75, 3.05) is 0 Å². The average Bonchev–Trinajstić information content (AvgIpc) is 2.99. The number of hydrogen-bond donors (Lipinski definition) is 0. The highest BCUT2D eigenvalue weighted by atomic mass is 79.9. The minimum absolute atomic E-state index is 0.327. The third-order valence-electron chi connectivity index (χ3n) is 3.37. The molecule has 5 nitrogen and oxygen atoms in total. The first-order chi connectivity index (χ1) is 11.0. The Bertz CT molecular complexity index is 980. The fourth-order valence-corrected chi connectivity index (χ4v) is 3.99. The SMILES string of the molecule is C=CCn1c(=NC(=O)c2nn(C)cc2C)sc2cc(Br)ccc21. The lowest BCUT2D eigenvalue weighted by Crippen LogP contribution is -2.16. The Labute approximate surface area is 145 Å². The standard InChI is InChI=1S/C16H15BrN4OS/c1-4-7-21-12-6-5-11(17)8-13(12)23-16(21)18-15(22)14-10(2)9-20(3)19-14/h4-6,8-9H,1,7H2,2-3H3. The van der Waals surface area contributed by atoms with Crippen molar-refractivity contribution in [2.24, 2.45) is 12.0 Å². The van der Waals surface area contributed by atoms with E-state index in [1.165, 1.54) is 11.3 Å². The molecule has 0 bridgehead atoms. The number of hydrogen-bond acceptors (Lipinski definition) is 3. The lowest BCUT2D eigenvalue weighted by Gasteiger charge is -2.00. The normalized spacial score (nSPS) is 12.0. The molecule has 2 aromatic heterocycles. The highest BCUT2D eigenvalue weighted by Crippen LogP contribution is 2.22. The molecule has 0 aliphatic carbocycles. The second kappa shape index (κ2) is 6.25. The van der Waals surface area contributed by atoms with Crippen molar-refractivity contribution >= 4 is 43.4 Å². The third-order valence-corrected chi connectivity index (χ3v) is 4.90. The number of benzene rings is 1. The van der Waals surface area contributed by atoms with Crippen LogP contribution in [0.1, 0.15) is 16.1 Å². The van der Waals surface area contributed by atoms with E-state index in [-0.39, 0.29) is 5.91 Å². The lowest BCUT2D eigenvalue weighted by molar-refractivity contribution is 0.0992. The van der Waals surface area contributed by atoms with Crippen LogP contribution in [0.25, 0.3) is 10.2 Å². The molecule has 3 aromatic rings. The van der Waals surface area contributed by atoms with Crippen molar-refractivity contribution < 1.29 is 4.79 Å². The summed E-state index contributed by atoms with van der Waals surface area (Å²) in [6.45, 7) is 6.24. The van der Waals surface area contributed by atoms with Crippen LogP contribution in [-0.4, -0.2) is 20.3 Å². The van der Waals surface area contributed by atoms with Crippen LogP contribution in [0.15, 0.2) is 46.5 Å². The summed E-state index contributed by atoms with van der Waals surface area (Å²) in [4.78, 5) is 17.4. The van der Waals surface area contributed by atoms with Crippen molar-refractivity contribution in [3.8, 4) is 0 Å². The van der Waals surface area contributed by atoms with Crippen LogP contribution in [0.2, 0.25) is 0 Å². The Kier molecular flexibility index (Phi) is 4.32. The Morgan fingerprint density at radius 1 is 1.52 bits per heavy atom. The quantitative estimate of drug-likeness (QED) is 0.643. The van der Waals surface area contributed by atoms with Gasteiger partial charge in [-0.05, 0) is 25.1 Å². The van der Waals surface area contributed by atoms with Crippen LogP contribution in [0.3, 0.4) is 0 Å². The molecule has 1 amide bonds. The van der Waals surface area contributed by atoms with Crippen LogP contribution in [0.5, 0.6) is 0 Å². The second-order valence-corrected chi connectivity index (χ2v) is 7.07. The third kappa shape index (κ3) is 3.07. The van der Waals surface area contributed by atoms with E-state index >= 15 is 0 Å². The van der Waals surface area contributed by atoms with E-state index in [1.54, 1.807) is 17.8 Å². The molecule has 1 aromatic carbocycles. The maximum Gasteiger partial charge on any atom is 0.300 e. The fraction of sp³-hybridized carbons (Fsp3) is 0.188. The van der Waals surface area contributed by atoms with E-state index < -0.39 is 0 Å². The summed E-state index contributed by atoms with van der Waals surface area (Å²) >= 11 is 4.95. The van der Waals surface area contributed by atoms with Gasteiger partial charge in [-0.25, -0.2) is 0 Å². The average molecular weight is 391 g/mol. The molecule has 0 unspecified atom stereocenters. The van der Waals surface area contributed by atoms with Gasteiger partial charge in [-0.15, -0.1) is 6.58 Å². The first kappa shape index (κ1) is 15.9. The molecule has 0 saturated heterocycles. The monoisotopic (exact) mass is 390 g/mol. The number of nitrogens with zero attached hydrogens (tertiary/aromatic N) is 4. The van der Waals surface area contributed by atoms with Crippen LogP contribution in [0, 0.1) is 6.92 Å². The minimum Gasteiger partial charge on any atom is -0.312 e. The van der Waals surface area contributed by atoms with Crippen molar-refractivity contribution in [3.05, 3.63) is 57.6 Å². The molecule has 0 aliphatic rings. The van der Waals surface area contributed by atoms with E-state index in [1.807, 2.05) is 35.9 Å². The summed E-state index contributed by atoms with van der Waals surface area (Å²) in [5.74, 6) is -0.327. The number of rotatable bonds is 3. The molecule has 3 rings (SSSR count). The van der Waals surface area contributed by atoms with Gasteiger partial charge < -0.3 is 4.57 Å². The van der Waals surface area contributed by atoms with E-state index in [9.17, 15) is 4.79 Å². The van der Waals surface area contributed by atoms with Crippen molar-refractivity contribution in [3.63, 3.8) is 0 Å². The summed E-state index contributed by atoms with van der Waals surface area (Å²) in [5, 5.41) is 4.19. The molecule has 118 valence electrons. The number of fused-ring (bicyclic) bond motifs is 1. The van der Waals surface area contributed by atoms with Gasteiger partial charge in [0.2, 0.25) is 0 Å². The Morgan fingerprint density at radius 2 is 2.30 bits per heavy atom. The van der Waals surface area contributed by atoms with E-state index in [4.69, 9.17) is 0 Å². The molecule has 0 atom stereocenters. The van der Waals surface area contributed by atoms with Gasteiger partial charge in [0.1, 0.15) is 0 Å². The maximum absolute atomic E-state index is 12.5. The van der Waals surface area contributed by atoms with Crippen LogP contribution >= 0.6 is 27.3 Å². The summed E-state index contributed by atoms with van der Waals surface area (Å²) in [6.07, 6.45) is 3.60. The van der Waals surface area contributed by atoms with Gasteiger partial charge in [-0.2, -0.15) is 10.1 Å². The first-order valence-corrected chi connectivity index (χ1v) is 8.59. The molecule has 23 heavy (non-hydrogen) atoms. The van der Waals surface area contributed by atoms with E-state index in [0.29, 0.717) is 17.0 Å². The van der Waals surface area contributed by atoms with Gasteiger partial charge >= 0.3 is 0 Å². The number of allylic oxidation sites excluding steroid dienone is 1. The lowest BCUT2D eigenvalue weighted by atomic mass is 10.3. The molecule has 0 fully saturated rings. The fourth-order valence-electron chi connectivity index (χ4n) is 2.40. The molecule has 2 heterocycles. The highest BCUT2D eigenvalue weighted by Gasteiger charge is 2.14. The Balaban J connectivity index is 2.17. The van der Waals surface area contributed by atoms with Gasteiger partial charge in [0, 0.05) is 29.8 Å². The summed E-state index contributed by atoms with van der Waals surface area (Å²) in [7, 11) is 1.79. The number of carbonyl (C=O) groups is 1. The van der Waals surface area contributed by atoms with Crippen LogP contribution < -0.4 is 4.80 Å². The van der Waals surface area contributed by atoms with Crippen LogP contribution in [0.4, 0.5) is 0 Å². The van der Waals surface area contributed by atoms with Gasteiger partial charge in [0.25, 0.3) is 5.91 Å². The van der Waals surface area contributed by atoms with E-state index in [2.05, 4.69) is 32.6 Å². The predicted octanol–water partition coefficient (Wildman–Crippen LogP) is 3.43. The molecule has 7 heteroatoms. The van der Waals surface area contributed by atoms with Gasteiger partial charge in [-0.3, -0.25) is 9.48 Å². The number of thiazole rings is 1. The summed E-state index contributed by atoms with van der Waals surface area (Å²) in [5.41, 5.74) is 2.24. The minimum atomic E-state index is -0.327. The van der Waals surface area contributed by atoms with Gasteiger partial charge in [0.15, 0.2) is 10.5 Å². The molecule has 0 N–H and O–H groups in total. The molecular weight excluding hydrogens is 376 g/mol. The topological polar surface area (TPSA) is 52.2 Å². The summed E-state index contributed by atoms with van der Waals surface area (Å²) in [6, 6.07) is 6.01. The van der Waals surface area contributed by atoms with Crippen molar-refractivity contribution in [1.29, 1.82) is 0 Å². The zero-order valence-corrected chi connectivity index (χ0v) is 15.2. The zero-order chi connectivity index (χ0) is 16.6. The van der Waals surface area contributed by atoms with Gasteiger partial charge in [0.05, 0.1) is 10.2 Å². The number of aromatic nitrogens is 3. The number of carbonyl (C=O) groups excluding carboxylic acids is 1. The second-order valence-electron chi connectivity index (χ2n) is 5.15. The highest BCUT2D eigenvalue weighted by molar-refractivity contribution is 9.10. The molecule has 0 saturated carbocycles. The zero-order valence-electron chi connectivity index (χ0n) is 12.8. The maximum atomic E-state index is 12.5. The van der Waals surface area contributed by atoms with Crippen molar-refractivity contribution in [2.45, 2.75) is 13.5 Å². The number of halogens is 1. The molecule has 0 aliphatic heterocycles. The molecular formula is C16H15BrN4OS. The smallest absolute Gasteiger partial charge is 0.300 e. The van der Waals surface area contributed by atoms with E-state index in [0.717, 1.165) is 20.3 Å². The Morgan fingerprint density at radius 3 is 2.96 bits per heavy atom. The molecule has 0 spiro atoms. The summed E-state index contributed by atoms with van der Waals surface area (Å²) < 4.78 is 5.66. The Hall–Kier alpha value is -1.99. The van der Waals surface area contributed by atoms with Gasteiger partial charge in [-0.1, -0.05) is 33.3 Å².